The summed E-state index contributed by atoms with van der Waals surface area (Å²) >= 11 is 0. The summed E-state index contributed by atoms with van der Waals surface area (Å²) in [6, 6.07) is 5.53. The first-order valence-electron chi connectivity index (χ1n) is 13.4. The van der Waals surface area contributed by atoms with Gasteiger partial charge in [0.15, 0.2) is 0 Å². The van der Waals surface area contributed by atoms with E-state index < -0.39 is 5.97 Å². The Morgan fingerprint density at radius 1 is 1.34 bits per heavy atom. The predicted molar refractivity (Wildman–Crippen MR) is 154 cm³/mol. The SMILES string of the molecule is C=Cc1c(C(CC=O)CCC(=O)O)noc1C1CC(CC(C)(C)CC)C1.CN.CNc1ccc(C)cc1O. The standard InChI is InChI=1S/C21H31NO4.C8H11NO.CH5N/c1-5-17-19(15(9-10-23)7-8-18(24)25)22-26-20(17)16-11-14(12-16)13-21(3,4)6-2;1-6-3-4-7(9-2)8(10)5-6;1-2/h5,10,14-16H,1,6-9,11-13H2,2-4H3,(H,24,25);3-5,9-10H,1-2H3;2H2,1H3. The molecule has 0 aliphatic heterocycles. The number of rotatable bonds is 12. The molecule has 0 saturated heterocycles. The Morgan fingerprint density at radius 2 is 2.00 bits per heavy atom. The number of aromatic nitrogens is 1. The highest BCUT2D eigenvalue weighted by molar-refractivity contribution is 5.67. The van der Waals surface area contributed by atoms with E-state index in [1.54, 1.807) is 19.2 Å². The third-order valence-electron chi connectivity index (χ3n) is 7.29. The molecule has 212 valence electrons. The van der Waals surface area contributed by atoms with E-state index in [1.807, 2.05) is 19.1 Å². The smallest absolute Gasteiger partial charge is 0.303 e. The lowest BCUT2D eigenvalue weighted by molar-refractivity contribution is -0.137. The van der Waals surface area contributed by atoms with Gasteiger partial charge in [-0.3, -0.25) is 4.79 Å². The van der Waals surface area contributed by atoms with Crippen LogP contribution in [-0.2, 0) is 9.59 Å². The lowest BCUT2D eigenvalue weighted by Gasteiger charge is -2.39. The van der Waals surface area contributed by atoms with Crippen molar-refractivity contribution in [2.24, 2.45) is 17.1 Å². The van der Waals surface area contributed by atoms with Crippen LogP contribution in [0.2, 0.25) is 0 Å². The Bertz CT molecular complexity index is 1020. The van der Waals surface area contributed by atoms with E-state index in [2.05, 4.69) is 43.6 Å². The third-order valence-corrected chi connectivity index (χ3v) is 7.29. The fourth-order valence-electron chi connectivity index (χ4n) is 4.79. The van der Waals surface area contributed by atoms with Crippen molar-refractivity contribution in [2.45, 2.75) is 84.5 Å². The number of carboxylic acids is 1. The minimum absolute atomic E-state index is 0.00882. The molecule has 1 heterocycles. The quantitative estimate of drug-likeness (QED) is 0.181. The number of benzene rings is 1. The molecule has 1 saturated carbocycles. The molecule has 1 aromatic carbocycles. The van der Waals surface area contributed by atoms with Gasteiger partial charge in [0.05, 0.1) is 11.4 Å². The monoisotopic (exact) mass is 529 g/mol. The average Bonchev–Trinajstić information content (AvgIpc) is 3.28. The van der Waals surface area contributed by atoms with Crippen molar-refractivity contribution >= 4 is 24.0 Å². The number of aliphatic carboxylic acids is 1. The maximum Gasteiger partial charge on any atom is 0.303 e. The van der Waals surface area contributed by atoms with Gasteiger partial charge in [-0.2, -0.15) is 0 Å². The number of phenols is 1. The molecule has 1 fully saturated rings. The number of aromatic hydroxyl groups is 1. The molecule has 0 amide bonds. The number of carboxylic acid groups (broad SMARTS) is 1. The van der Waals surface area contributed by atoms with Gasteiger partial charge in [0, 0.05) is 37.3 Å². The van der Waals surface area contributed by atoms with Crippen LogP contribution in [0.25, 0.3) is 6.08 Å². The molecule has 1 atom stereocenters. The number of nitrogens with one attached hydrogen (secondary N) is 1. The summed E-state index contributed by atoms with van der Waals surface area (Å²) in [6.45, 7) is 12.7. The molecule has 3 rings (SSSR count). The molecule has 1 aliphatic carbocycles. The van der Waals surface area contributed by atoms with Crippen LogP contribution in [-0.4, -0.2) is 41.7 Å². The van der Waals surface area contributed by atoms with Crippen LogP contribution in [0.4, 0.5) is 5.69 Å². The molecule has 1 aromatic heterocycles. The third kappa shape index (κ3) is 9.63. The molecule has 1 unspecified atom stereocenters. The first-order valence-corrected chi connectivity index (χ1v) is 13.4. The van der Waals surface area contributed by atoms with Gasteiger partial charge >= 0.3 is 5.97 Å². The zero-order valence-corrected chi connectivity index (χ0v) is 23.9. The van der Waals surface area contributed by atoms with E-state index in [0.717, 1.165) is 41.7 Å². The maximum absolute atomic E-state index is 11.0. The Kier molecular flexibility index (Phi) is 13.8. The molecular weight excluding hydrogens is 482 g/mol. The number of aryl methyl sites for hydroxylation is 1. The Hall–Kier alpha value is -3.13. The van der Waals surface area contributed by atoms with Crippen molar-refractivity contribution in [1.29, 1.82) is 0 Å². The van der Waals surface area contributed by atoms with E-state index in [9.17, 15) is 14.7 Å². The summed E-state index contributed by atoms with van der Waals surface area (Å²) in [5, 5.41) is 25.2. The molecule has 38 heavy (non-hydrogen) atoms. The number of carbonyl (C=O) groups excluding carboxylic acids is 1. The number of anilines is 1. The maximum atomic E-state index is 11.0. The predicted octanol–water partition coefficient (Wildman–Crippen LogP) is 6.49. The molecule has 8 heteroatoms. The van der Waals surface area contributed by atoms with E-state index >= 15 is 0 Å². The molecule has 2 aromatic rings. The number of nitrogens with two attached hydrogens (primary N) is 1. The number of aldehydes is 1. The Labute approximate surface area is 227 Å². The van der Waals surface area contributed by atoms with Crippen molar-refractivity contribution in [1.82, 2.24) is 5.16 Å². The van der Waals surface area contributed by atoms with Crippen molar-refractivity contribution < 1.29 is 24.3 Å². The van der Waals surface area contributed by atoms with Crippen LogP contribution in [0.15, 0.2) is 29.3 Å². The van der Waals surface area contributed by atoms with Crippen LogP contribution in [0.3, 0.4) is 0 Å². The molecule has 0 spiro atoms. The second-order valence-corrected chi connectivity index (χ2v) is 10.6. The summed E-state index contributed by atoms with van der Waals surface area (Å²) in [6.07, 6.45) is 7.76. The van der Waals surface area contributed by atoms with Gasteiger partial charge in [-0.25, -0.2) is 0 Å². The average molecular weight is 530 g/mol. The van der Waals surface area contributed by atoms with Gasteiger partial charge in [0.1, 0.15) is 17.8 Å². The Morgan fingerprint density at radius 3 is 2.50 bits per heavy atom. The number of hydrogen-bond acceptors (Lipinski definition) is 7. The summed E-state index contributed by atoms with van der Waals surface area (Å²) in [5.41, 5.74) is 8.25. The van der Waals surface area contributed by atoms with Gasteiger partial charge in [0.2, 0.25) is 0 Å². The fourth-order valence-corrected chi connectivity index (χ4v) is 4.79. The zero-order chi connectivity index (χ0) is 28.9. The van der Waals surface area contributed by atoms with E-state index in [0.29, 0.717) is 35.1 Å². The van der Waals surface area contributed by atoms with Crippen LogP contribution in [0.5, 0.6) is 5.75 Å². The molecule has 5 N–H and O–H groups in total. The lowest BCUT2D eigenvalue weighted by Crippen LogP contribution is -2.27. The topological polar surface area (TPSA) is 139 Å². The highest BCUT2D eigenvalue weighted by Crippen LogP contribution is 2.49. The molecular formula is C30H47N3O5. The molecule has 1 aliphatic rings. The number of hydrogen-bond donors (Lipinski definition) is 4. The van der Waals surface area contributed by atoms with Crippen molar-refractivity contribution in [2.75, 3.05) is 19.4 Å². The van der Waals surface area contributed by atoms with Crippen molar-refractivity contribution in [3.63, 3.8) is 0 Å². The molecule has 8 nitrogen and oxygen atoms in total. The second kappa shape index (κ2) is 16.0. The van der Waals surface area contributed by atoms with Gasteiger partial charge in [-0.15, -0.1) is 0 Å². The van der Waals surface area contributed by atoms with E-state index in [-0.39, 0.29) is 18.8 Å². The largest absolute Gasteiger partial charge is 0.506 e. The van der Waals surface area contributed by atoms with Gasteiger partial charge in [-0.05, 0) is 68.7 Å². The summed E-state index contributed by atoms with van der Waals surface area (Å²) < 4.78 is 5.64. The van der Waals surface area contributed by atoms with Gasteiger partial charge < -0.3 is 30.6 Å². The van der Waals surface area contributed by atoms with Gasteiger partial charge in [-0.1, -0.05) is 51.1 Å². The van der Waals surface area contributed by atoms with Crippen molar-refractivity contribution in [3.8, 4) is 5.75 Å². The van der Waals surface area contributed by atoms with Crippen molar-refractivity contribution in [3.05, 3.63) is 47.4 Å². The van der Waals surface area contributed by atoms with Crippen LogP contribution >= 0.6 is 0 Å². The first kappa shape index (κ1) is 32.9. The summed E-state index contributed by atoms with van der Waals surface area (Å²) in [5.74, 6) is 1.11. The summed E-state index contributed by atoms with van der Waals surface area (Å²) in [4.78, 5) is 21.9. The number of nitrogens with zero attached hydrogens (tertiary/aromatic N) is 1. The number of carbonyl (C=O) groups is 2. The van der Waals surface area contributed by atoms with Gasteiger partial charge in [0.25, 0.3) is 0 Å². The minimum atomic E-state index is -0.870. The van der Waals surface area contributed by atoms with E-state index in [1.165, 1.54) is 19.9 Å². The van der Waals surface area contributed by atoms with Crippen LogP contribution in [0.1, 0.15) is 100 Å². The lowest BCUT2D eigenvalue weighted by atomic mass is 9.66. The molecule has 0 bridgehead atoms. The fraction of sp³-hybridized carbons (Fsp3) is 0.567. The van der Waals surface area contributed by atoms with Crippen LogP contribution < -0.4 is 11.1 Å². The Balaban J connectivity index is 0.000000501. The van der Waals surface area contributed by atoms with Crippen LogP contribution in [0, 0.1) is 18.3 Å². The highest BCUT2D eigenvalue weighted by atomic mass is 16.5. The van der Waals surface area contributed by atoms with E-state index in [4.69, 9.17) is 9.63 Å². The summed E-state index contributed by atoms with van der Waals surface area (Å²) in [7, 11) is 3.28. The second-order valence-electron chi connectivity index (χ2n) is 10.6. The zero-order valence-electron chi connectivity index (χ0n) is 23.9. The minimum Gasteiger partial charge on any atom is -0.506 e. The highest BCUT2D eigenvalue weighted by Gasteiger charge is 2.38. The normalized spacial score (nSPS) is 17.0. The molecule has 0 radical (unpaired) electrons. The first-order chi connectivity index (χ1) is 18.0. The number of phenolic OH excluding ortho intramolecular Hbond substituents is 1.